The zero-order chi connectivity index (χ0) is 15.1. The number of para-hydroxylation sites is 1. The molecule has 3 N–H and O–H groups in total. The SMILES string of the molecule is COc1ccccc1CCNC(C(N)=O)c1ccccc1. The average molecular weight is 284 g/mol. The number of carbonyl (C=O) groups is 1. The third kappa shape index (κ3) is 4.07. The first kappa shape index (κ1) is 15.1. The Bertz CT molecular complexity index is 584. The van der Waals surface area contributed by atoms with Crippen molar-refractivity contribution in [3.8, 4) is 5.75 Å². The van der Waals surface area contributed by atoms with Crippen molar-refractivity contribution in [2.45, 2.75) is 12.5 Å². The summed E-state index contributed by atoms with van der Waals surface area (Å²) in [6.07, 6.45) is 0.765. The molecule has 0 radical (unpaired) electrons. The van der Waals surface area contributed by atoms with Crippen molar-refractivity contribution < 1.29 is 9.53 Å². The van der Waals surface area contributed by atoms with Crippen LogP contribution in [0.25, 0.3) is 0 Å². The maximum atomic E-state index is 11.6. The minimum atomic E-state index is -0.471. The van der Waals surface area contributed by atoms with Crippen LogP contribution in [0.1, 0.15) is 17.2 Å². The van der Waals surface area contributed by atoms with Gasteiger partial charge in [0.25, 0.3) is 0 Å². The summed E-state index contributed by atoms with van der Waals surface area (Å²) in [4.78, 5) is 11.6. The van der Waals surface area contributed by atoms with Gasteiger partial charge in [0, 0.05) is 6.54 Å². The molecular formula is C17H20N2O2. The monoisotopic (exact) mass is 284 g/mol. The fourth-order valence-electron chi connectivity index (χ4n) is 2.29. The molecule has 0 aliphatic carbocycles. The lowest BCUT2D eigenvalue weighted by Crippen LogP contribution is -2.34. The van der Waals surface area contributed by atoms with Gasteiger partial charge in [-0.25, -0.2) is 0 Å². The van der Waals surface area contributed by atoms with Gasteiger partial charge in [-0.3, -0.25) is 4.79 Å². The standard InChI is InChI=1S/C17H20N2O2/c1-21-15-10-6-5-7-13(15)11-12-19-16(17(18)20)14-8-3-2-4-9-14/h2-10,16,19H,11-12H2,1H3,(H2,18,20). The molecule has 110 valence electrons. The summed E-state index contributed by atoms with van der Waals surface area (Å²) >= 11 is 0. The minimum Gasteiger partial charge on any atom is -0.496 e. The Hall–Kier alpha value is -2.33. The summed E-state index contributed by atoms with van der Waals surface area (Å²) in [6, 6.07) is 16.9. The van der Waals surface area contributed by atoms with Gasteiger partial charge in [0.2, 0.25) is 5.91 Å². The number of methoxy groups -OCH3 is 1. The molecule has 0 spiro atoms. The van der Waals surface area contributed by atoms with E-state index in [4.69, 9.17) is 10.5 Å². The number of hydrogen-bond acceptors (Lipinski definition) is 3. The number of ether oxygens (including phenoxy) is 1. The first-order chi connectivity index (χ1) is 10.2. The predicted octanol–water partition coefficient (Wildman–Crippen LogP) is 2.05. The Morgan fingerprint density at radius 2 is 1.81 bits per heavy atom. The third-order valence-corrected chi connectivity index (χ3v) is 3.35. The highest BCUT2D eigenvalue weighted by Crippen LogP contribution is 2.18. The smallest absolute Gasteiger partial charge is 0.239 e. The average Bonchev–Trinajstić information content (AvgIpc) is 2.52. The molecular weight excluding hydrogens is 264 g/mol. The van der Waals surface area contributed by atoms with Gasteiger partial charge >= 0.3 is 0 Å². The molecule has 0 saturated carbocycles. The van der Waals surface area contributed by atoms with Crippen LogP contribution in [0.2, 0.25) is 0 Å². The predicted molar refractivity (Wildman–Crippen MR) is 83.1 cm³/mol. The van der Waals surface area contributed by atoms with Gasteiger partial charge in [-0.2, -0.15) is 0 Å². The van der Waals surface area contributed by atoms with Crippen molar-refractivity contribution in [1.29, 1.82) is 0 Å². The molecule has 0 aromatic heterocycles. The largest absolute Gasteiger partial charge is 0.496 e. The Balaban J connectivity index is 1.99. The minimum absolute atomic E-state index is 0.374. The summed E-state index contributed by atoms with van der Waals surface area (Å²) in [5.74, 6) is 0.482. The lowest BCUT2D eigenvalue weighted by molar-refractivity contribution is -0.120. The van der Waals surface area contributed by atoms with E-state index in [1.165, 1.54) is 0 Å². The van der Waals surface area contributed by atoms with Gasteiger partial charge in [-0.15, -0.1) is 0 Å². The summed E-state index contributed by atoms with van der Waals surface area (Å²) in [5, 5.41) is 3.21. The molecule has 1 unspecified atom stereocenters. The quantitative estimate of drug-likeness (QED) is 0.818. The van der Waals surface area contributed by atoms with E-state index in [0.29, 0.717) is 6.54 Å². The number of hydrogen-bond donors (Lipinski definition) is 2. The van der Waals surface area contributed by atoms with E-state index in [-0.39, 0.29) is 5.91 Å². The molecule has 2 aromatic carbocycles. The van der Waals surface area contributed by atoms with E-state index in [1.54, 1.807) is 7.11 Å². The zero-order valence-electron chi connectivity index (χ0n) is 12.1. The van der Waals surface area contributed by atoms with Gasteiger partial charge in [0.1, 0.15) is 11.8 Å². The van der Waals surface area contributed by atoms with Crippen molar-refractivity contribution in [3.05, 3.63) is 65.7 Å². The highest BCUT2D eigenvalue weighted by molar-refractivity contribution is 5.81. The maximum Gasteiger partial charge on any atom is 0.239 e. The van der Waals surface area contributed by atoms with E-state index in [2.05, 4.69) is 5.32 Å². The summed E-state index contributed by atoms with van der Waals surface area (Å²) < 4.78 is 5.32. The lowest BCUT2D eigenvalue weighted by Gasteiger charge is -2.16. The Labute approximate surface area is 124 Å². The van der Waals surface area contributed by atoms with Crippen LogP contribution in [0.3, 0.4) is 0 Å². The number of amides is 1. The van der Waals surface area contributed by atoms with Gasteiger partial charge in [0.05, 0.1) is 7.11 Å². The van der Waals surface area contributed by atoms with E-state index in [9.17, 15) is 4.79 Å². The van der Waals surface area contributed by atoms with Gasteiger partial charge in [-0.1, -0.05) is 48.5 Å². The molecule has 4 nitrogen and oxygen atoms in total. The van der Waals surface area contributed by atoms with E-state index >= 15 is 0 Å². The second-order valence-electron chi connectivity index (χ2n) is 4.76. The van der Waals surface area contributed by atoms with Crippen molar-refractivity contribution >= 4 is 5.91 Å². The van der Waals surface area contributed by atoms with E-state index in [1.807, 2.05) is 54.6 Å². The molecule has 0 bridgehead atoms. The number of benzene rings is 2. The first-order valence-electron chi connectivity index (χ1n) is 6.92. The van der Waals surface area contributed by atoms with Crippen molar-refractivity contribution in [3.63, 3.8) is 0 Å². The van der Waals surface area contributed by atoms with Crippen molar-refractivity contribution in [2.24, 2.45) is 5.73 Å². The molecule has 4 heteroatoms. The second kappa shape index (κ2) is 7.45. The molecule has 0 saturated heterocycles. The molecule has 0 aliphatic heterocycles. The van der Waals surface area contributed by atoms with Crippen LogP contribution < -0.4 is 15.8 Å². The third-order valence-electron chi connectivity index (χ3n) is 3.35. The number of primary amides is 1. The fourth-order valence-corrected chi connectivity index (χ4v) is 2.29. The fraction of sp³-hybridized carbons (Fsp3) is 0.235. The zero-order valence-corrected chi connectivity index (χ0v) is 12.1. The van der Waals surface area contributed by atoms with Crippen LogP contribution in [0.5, 0.6) is 5.75 Å². The van der Waals surface area contributed by atoms with Gasteiger partial charge < -0.3 is 15.8 Å². The first-order valence-corrected chi connectivity index (χ1v) is 6.92. The summed E-state index contributed by atoms with van der Waals surface area (Å²) in [6.45, 7) is 0.642. The summed E-state index contributed by atoms with van der Waals surface area (Å²) in [7, 11) is 1.66. The van der Waals surface area contributed by atoms with Crippen LogP contribution in [-0.4, -0.2) is 19.6 Å². The van der Waals surface area contributed by atoms with Crippen LogP contribution in [0.15, 0.2) is 54.6 Å². The van der Waals surface area contributed by atoms with E-state index in [0.717, 1.165) is 23.3 Å². The van der Waals surface area contributed by atoms with Crippen LogP contribution in [0.4, 0.5) is 0 Å². The molecule has 2 rings (SSSR count). The van der Waals surface area contributed by atoms with Crippen LogP contribution >= 0.6 is 0 Å². The van der Waals surface area contributed by atoms with Crippen LogP contribution in [0, 0.1) is 0 Å². The molecule has 0 aliphatic rings. The molecule has 1 atom stereocenters. The molecule has 0 heterocycles. The number of nitrogens with one attached hydrogen (secondary N) is 1. The number of rotatable bonds is 7. The summed E-state index contributed by atoms with van der Waals surface area (Å²) in [5.41, 5.74) is 7.46. The maximum absolute atomic E-state index is 11.6. The van der Waals surface area contributed by atoms with E-state index < -0.39 is 6.04 Å². The molecule has 21 heavy (non-hydrogen) atoms. The second-order valence-corrected chi connectivity index (χ2v) is 4.76. The number of nitrogens with two attached hydrogens (primary N) is 1. The normalized spacial score (nSPS) is 11.9. The molecule has 1 amide bonds. The molecule has 0 fully saturated rings. The lowest BCUT2D eigenvalue weighted by atomic mass is 10.1. The van der Waals surface area contributed by atoms with Gasteiger partial charge in [0.15, 0.2) is 0 Å². The highest BCUT2D eigenvalue weighted by Gasteiger charge is 2.16. The van der Waals surface area contributed by atoms with Crippen molar-refractivity contribution in [2.75, 3.05) is 13.7 Å². The molecule has 2 aromatic rings. The Kier molecular flexibility index (Phi) is 5.35. The number of carbonyl (C=O) groups excluding carboxylic acids is 1. The Morgan fingerprint density at radius 1 is 1.14 bits per heavy atom. The Morgan fingerprint density at radius 3 is 2.48 bits per heavy atom. The highest BCUT2D eigenvalue weighted by atomic mass is 16.5. The topological polar surface area (TPSA) is 64.3 Å². The van der Waals surface area contributed by atoms with Crippen LogP contribution in [-0.2, 0) is 11.2 Å². The van der Waals surface area contributed by atoms with Gasteiger partial charge in [-0.05, 0) is 23.6 Å². The van der Waals surface area contributed by atoms with Crippen molar-refractivity contribution in [1.82, 2.24) is 5.32 Å².